The Morgan fingerprint density at radius 1 is 1.39 bits per heavy atom. The summed E-state index contributed by atoms with van der Waals surface area (Å²) in [5, 5.41) is 2.96. The Morgan fingerprint density at radius 2 is 2.17 bits per heavy atom. The van der Waals surface area contributed by atoms with Crippen molar-refractivity contribution < 1.29 is 17.9 Å². The van der Waals surface area contributed by atoms with Crippen LogP contribution in [0.25, 0.3) is 0 Å². The summed E-state index contributed by atoms with van der Waals surface area (Å²) in [6, 6.07) is 3.48. The molecule has 0 spiro atoms. The Kier molecular flexibility index (Phi) is 3.31. The van der Waals surface area contributed by atoms with E-state index in [9.17, 15) is 13.2 Å². The average molecular weight is 259 g/mol. The van der Waals surface area contributed by atoms with Gasteiger partial charge in [-0.3, -0.25) is 4.99 Å². The zero-order chi connectivity index (χ0) is 13.2. The normalized spacial score (nSPS) is 15.2. The minimum absolute atomic E-state index is 0.118. The first-order valence-corrected chi connectivity index (χ1v) is 5.33. The van der Waals surface area contributed by atoms with Crippen LogP contribution in [-0.2, 0) is 6.18 Å². The van der Waals surface area contributed by atoms with E-state index in [4.69, 9.17) is 10.5 Å². The molecule has 4 nitrogen and oxygen atoms in total. The van der Waals surface area contributed by atoms with Crippen LogP contribution in [0.5, 0.6) is 5.75 Å². The number of amidine groups is 1. The lowest BCUT2D eigenvalue weighted by atomic mass is 10.1. The molecule has 0 amide bonds. The van der Waals surface area contributed by atoms with Crippen LogP contribution in [0.15, 0.2) is 23.2 Å². The molecule has 0 bridgehead atoms. The second-order valence-corrected chi connectivity index (χ2v) is 3.79. The third kappa shape index (κ3) is 2.85. The zero-order valence-electron chi connectivity index (χ0n) is 9.42. The summed E-state index contributed by atoms with van der Waals surface area (Å²) in [5.41, 5.74) is 4.08. The number of aliphatic imine (C=N–C) groups is 1. The molecule has 0 aliphatic carbocycles. The zero-order valence-corrected chi connectivity index (χ0v) is 9.42. The van der Waals surface area contributed by atoms with E-state index >= 15 is 0 Å². The van der Waals surface area contributed by atoms with E-state index in [1.165, 1.54) is 12.1 Å². The van der Waals surface area contributed by atoms with Gasteiger partial charge in [-0.2, -0.15) is 13.2 Å². The molecule has 0 aromatic heterocycles. The molecular formula is C11H12F3N3O. The highest BCUT2D eigenvalue weighted by molar-refractivity contribution is 5.85. The molecule has 3 N–H and O–H groups in total. The maximum absolute atomic E-state index is 12.6. The minimum Gasteiger partial charge on any atom is -0.486 e. The van der Waals surface area contributed by atoms with Crippen molar-refractivity contribution in [1.29, 1.82) is 0 Å². The van der Waals surface area contributed by atoms with E-state index in [1.807, 2.05) is 0 Å². The number of hydrogen-bond donors (Lipinski definition) is 2. The van der Waals surface area contributed by atoms with Crippen LogP contribution in [0.2, 0.25) is 0 Å². The largest absolute Gasteiger partial charge is 0.486 e. The fraction of sp³-hybridized carbons (Fsp3) is 0.364. The molecule has 1 aliphatic rings. The maximum Gasteiger partial charge on any atom is 0.418 e. The van der Waals surface area contributed by atoms with Crippen molar-refractivity contribution in [1.82, 2.24) is 5.32 Å². The Hall–Kier alpha value is -1.92. The van der Waals surface area contributed by atoms with Gasteiger partial charge < -0.3 is 15.8 Å². The average Bonchev–Trinajstić information content (AvgIpc) is 2.79. The van der Waals surface area contributed by atoms with Gasteiger partial charge in [0.15, 0.2) is 0 Å². The molecule has 98 valence electrons. The fourth-order valence-electron chi connectivity index (χ4n) is 1.57. The van der Waals surface area contributed by atoms with Crippen molar-refractivity contribution in [2.45, 2.75) is 6.18 Å². The van der Waals surface area contributed by atoms with Crippen LogP contribution in [0.1, 0.15) is 5.56 Å². The van der Waals surface area contributed by atoms with E-state index < -0.39 is 11.7 Å². The lowest BCUT2D eigenvalue weighted by Crippen LogP contribution is -2.25. The van der Waals surface area contributed by atoms with Crippen LogP contribution in [-0.4, -0.2) is 25.5 Å². The number of nitrogens with two attached hydrogens (primary N) is 1. The van der Waals surface area contributed by atoms with Crippen LogP contribution >= 0.6 is 0 Å². The molecule has 0 fully saturated rings. The van der Waals surface area contributed by atoms with Gasteiger partial charge in [-0.1, -0.05) is 0 Å². The SMILES string of the molecule is Nc1ccc(OCC2=NCCN2)cc1C(F)(F)F. The summed E-state index contributed by atoms with van der Waals surface area (Å²) in [6.45, 7) is 1.52. The molecule has 7 heteroatoms. The van der Waals surface area contributed by atoms with E-state index in [2.05, 4.69) is 10.3 Å². The lowest BCUT2D eigenvalue weighted by molar-refractivity contribution is -0.137. The Balaban J connectivity index is 2.09. The topological polar surface area (TPSA) is 59.6 Å². The van der Waals surface area contributed by atoms with Gasteiger partial charge in [0.2, 0.25) is 0 Å². The summed E-state index contributed by atoms with van der Waals surface area (Å²) < 4.78 is 43.0. The van der Waals surface area contributed by atoms with Crippen LogP contribution < -0.4 is 15.8 Å². The molecule has 1 aromatic rings. The first kappa shape index (κ1) is 12.5. The number of nitrogen functional groups attached to an aromatic ring is 1. The highest BCUT2D eigenvalue weighted by Crippen LogP contribution is 2.35. The first-order chi connectivity index (χ1) is 8.47. The summed E-state index contributed by atoms with van der Waals surface area (Å²) in [6.07, 6.45) is -4.48. The Labute approximate surface area is 102 Å². The van der Waals surface area contributed by atoms with Gasteiger partial charge in [-0.05, 0) is 18.2 Å². The number of anilines is 1. The standard InChI is InChI=1S/C11H12F3N3O/c12-11(13,14)8-5-7(1-2-9(8)15)18-6-10-16-3-4-17-10/h1-2,5H,3-4,6,15H2,(H,16,17). The van der Waals surface area contributed by atoms with Gasteiger partial charge in [0.1, 0.15) is 18.2 Å². The van der Waals surface area contributed by atoms with Gasteiger partial charge >= 0.3 is 6.18 Å². The number of alkyl halides is 3. The number of hydrogen-bond acceptors (Lipinski definition) is 4. The quantitative estimate of drug-likeness (QED) is 0.812. The van der Waals surface area contributed by atoms with Gasteiger partial charge in [0.05, 0.1) is 12.1 Å². The van der Waals surface area contributed by atoms with Gasteiger partial charge in [0.25, 0.3) is 0 Å². The molecule has 0 atom stereocenters. The molecular weight excluding hydrogens is 247 g/mol. The van der Waals surface area contributed by atoms with Crippen LogP contribution in [0, 0.1) is 0 Å². The monoisotopic (exact) mass is 259 g/mol. The minimum atomic E-state index is -4.48. The fourth-order valence-corrected chi connectivity index (χ4v) is 1.57. The predicted octanol–water partition coefficient (Wildman–Crippen LogP) is 1.67. The van der Waals surface area contributed by atoms with Gasteiger partial charge in [-0.15, -0.1) is 0 Å². The number of halogens is 3. The number of nitrogens with one attached hydrogen (secondary N) is 1. The molecule has 1 heterocycles. The highest BCUT2D eigenvalue weighted by Gasteiger charge is 2.33. The van der Waals surface area contributed by atoms with Crippen molar-refractivity contribution in [2.24, 2.45) is 4.99 Å². The number of ether oxygens (including phenoxy) is 1. The molecule has 0 saturated carbocycles. The number of nitrogens with zero attached hydrogens (tertiary/aromatic N) is 1. The third-order valence-corrected chi connectivity index (χ3v) is 2.45. The van der Waals surface area contributed by atoms with Crippen molar-refractivity contribution >= 4 is 11.5 Å². The molecule has 0 radical (unpaired) electrons. The molecule has 2 rings (SSSR count). The predicted molar refractivity (Wildman–Crippen MR) is 61.7 cm³/mol. The van der Waals surface area contributed by atoms with E-state index in [1.54, 1.807) is 0 Å². The lowest BCUT2D eigenvalue weighted by Gasteiger charge is -2.12. The summed E-state index contributed by atoms with van der Waals surface area (Å²) in [5.74, 6) is 0.758. The number of benzene rings is 1. The van der Waals surface area contributed by atoms with Crippen LogP contribution in [0.4, 0.5) is 18.9 Å². The van der Waals surface area contributed by atoms with E-state index in [0.717, 1.165) is 12.6 Å². The molecule has 1 aliphatic heterocycles. The Bertz CT molecular complexity index is 471. The van der Waals surface area contributed by atoms with E-state index in [0.29, 0.717) is 12.4 Å². The second-order valence-electron chi connectivity index (χ2n) is 3.79. The van der Waals surface area contributed by atoms with Crippen molar-refractivity contribution in [3.05, 3.63) is 23.8 Å². The van der Waals surface area contributed by atoms with Crippen molar-refractivity contribution in [3.63, 3.8) is 0 Å². The van der Waals surface area contributed by atoms with E-state index in [-0.39, 0.29) is 18.0 Å². The summed E-state index contributed by atoms with van der Waals surface area (Å²) >= 11 is 0. The van der Waals surface area contributed by atoms with Crippen LogP contribution in [0.3, 0.4) is 0 Å². The van der Waals surface area contributed by atoms with Gasteiger partial charge in [-0.25, -0.2) is 0 Å². The second kappa shape index (κ2) is 4.75. The molecule has 1 aromatic carbocycles. The highest BCUT2D eigenvalue weighted by atomic mass is 19.4. The van der Waals surface area contributed by atoms with Gasteiger partial charge in [0, 0.05) is 12.2 Å². The van der Waals surface area contributed by atoms with Crippen molar-refractivity contribution in [3.8, 4) is 5.75 Å². The smallest absolute Gasteiger partial charge is 0.418 e. The maximum atomic E-state index is 12.6. The van der Waals surface area contributed by atoms with Crippen molar-refractivity contribution in [2.75, 3.05) is 25.4 Å². The summed E-state index contributed by atoms with van der Waals surface area (Å²) in [7, 11) is 0. The molecule has 0 saturated heterocycles. The summed E-state index contributed by atoms with van der Waals surface area (Å²) in [4.78, 5) is 4.07. The Morgan fingerprint density at radius 3 is 2.78 bits per heavy atom. The third-order valence-electron chi connectivity index (χ3n) is 2.45. The molecule has 0 unspecified atom stereocenters. The molecule has 18 heavy (non-hydrogen) atoms. The first-order valence-electron chi connectivity index (χ1n) is 5.33. The number of rotatable bonds is 3.